The molecule has 1 saturated heterocycles. The summed E-state index contributed by atoms with van der Waals surface area (Å²) in [4.78, 5) is 12.4. The summed E-state index contributed by atoms with van der Waals surface area (Å²) in [5.41, 5.74) is 2.61. The minimum absolute atomic E-state index is 0.132. The van der Waals surface area contributed by atoms with E-state index in [0.717, 1.165) is 24.6 Å². The van der Waals surface area contributed by atoms with Gasteiger partial charge in [-0.15, -0.1) is 0 Å². The summed E-state index contributed by atoms with van der Waals surface area (Å²) in [6, 6.07) is 9.00. The van der Waals surface area contributed by atoms with Crippen molar-refractivity contribution in [3.63, 3.8) is 0 Å². The molecular formula is C22H21F2N3O3. The van der Waals surface area contributed by atoms with Gasteiger partial charge in [-0.25, -0.2) is 8.78 Å². The van der Waals surface area contributed by atoms with Crippen LogP contribution < -0.4 is 15.4 Å². The molecule has 6 nitrogen and oxygen atoms in total. The van der Waals surface area contributed by atoms with E-state index in [1.807, 2.05) is 0 Å². The first-order valence-corrected chi connectivity index (χ1v) is 9.81. The molecule has 30 heavy (non-hydrogen) atoms. The smallest absolute Gasteiger partial charge is 0.251 e. The zero-order chi connectivity index (χ0) is 21.1. The Morgan fingerprint density at radius 3 is 2.93 bits per heavy atom. The molecule has 4 rings (SSSR count). The number of ether oxygens (including phenoxy) is 2. The molecule has 156 valence electrons. The van der Waals surface area contributed by atoms with Crippen molar-refractivity contribution in [3.8, 4) is 22.9 Å². The van der Waals surface area contributed by atoms with E-state index in [1.165, 1.54) is 6.07 Å². The van der Waals surface area contributed by atoms with Crippen LogP contribution in [0.1, 0.15) is 17.5 Å². The number of rotatable bonds is 4. The largest absolute Gasteiger partial charge is 0.488 e. The van der Waals surface area contributed by atoms with Crippen molar-refractivity contribution in [1.29, 1.82) is 5.26 Å². The third-order valence-corrected chi connectivity index (χ3v) is 5.22. The van der Waals surface area contributed by atoms with Crippen LogP contribution in [0.2, 0.25) is 0 Å². The quantitative estimate of drug-likeness (QED) is 0.805. The molecule has 0 spiro atoms. The molecule has 0 unspecified atom stereocenters. The average molecular weight is 413 g/mol. The lowest BCUT2D eigenvalue weighted by Crippen LogP contribution is -2.46. The summed E-state index contributed by atoms with van der Waals surface area (Å²) in [6.07, 6.45) is 0.492. The predicted molar refractivity (Wildman–Crippen MR) is 105 cm³/mol. The lowest BCUT2D eigenvalue weighted by molar-refractivity contribution is -0.132. The molecule has 2 atom stereocenters. The van der Waals surface area contributed by atoms with E-state index in [-0.39, 0.29) is 18.9 Å². The highest BCUT2D eigenvalue weighted by Gasteiger charge is 2.24. The van der Waals surface area contributed by atoms with Crippen LogP contribution in [-0.2, 0) is 22.6 Å². The van der Waals surface area contributed by atoms with E-state index in [2.05, 4.69) is 16.7 Å². The van der Waals surface area contributed by atoms with Crippen LogP contribution in [0.5, 0.6) is 5.75 Å². The monoisotopic (exact) mass is 413 g/mol. The zero-order valence-electron chi connectivity index (χ0n) is 16.2. The van der Waals surface area contributed by atoms with Crippen molar-refractivity contribution < 1.29 is 23.0 Å². The van der Waals surface area contributed by atoms with Gasteiger partial charge in [-0.2, -0.15) is 5.26 Å². The summed E-state index contributed by atoms with van der Waals surface area (Å²) in [7, 11) is 0. The standard InChI is InChI=1S/C22H21F2N3O3/c23-18-8-14-12-30-20-7-13(2-3-16(20)17(14)9-19(18)24)6-15(10-25)27-22(28)21-11-26-4-1-5-29-21/h2-3,7-9,15,21,26H,1,4-6,11-12H2,(H,27,28)/t15-,21-/m0/s1. The van der Waals surface area contributed by atoms with Gasteiger partial charge in [0, 0.05) is 30.7 Å². The summed E-state index contributed by atoms with van der Waals surface area (Å²) in [5.74, 6) is -1.60. The van der Waals surface area contributed by atoms with Crippen LogP contribution in [0.3, 0.4) is 0 Å². The molecule has 2 N–H and O–H groups in total. The fourth-order valence-electron chi connectivity index (χ4n) is 3.66. The maximum atomic E-state index is 13.7. The van der Waals surface area contributed by atoms with Crippen LogP contribution in [0.25, 0.3) is 11.1 Å². The summed E-state index contributed by atoms with van der Waals surface area (Å²) in [6.45, 7) is 1.83. The van der Waals surface area contributed by atoms with Gasteiger partial charge >= 0.3 is 0 Å². The van der Waals surface area contributed by atoms with E-state index in [1.54, 1.807) is 18.2 Å². The maximum Gasteiger partial charge on any atom is 0.251 e. The Labute approximate surface area is 172 Å². The molecule has 2 aromatic rings. The van der Waals surface area contributed by atoms with Gasteiger partial charge in [-0.1, -0.05) is 12.1 Å². The summed E-state index contributed by atoms with van der Waals surface area (Å²) >= 11 is 0. The highest BCUT2D eigenvalue weighted by atomic mass is 19.2. The molecule has 2 aliphatic rings. The van der Waals surface area contributed by atoms with Crippen molar-refractivity contribution in [3.05, 3.63) is 53.1 Å². The lowest BCUT2D eigenvalue weighted by atomic mass is 9.94. The Hall–Kier alpha value is -3.02. The molecule has 0 bridgehead atoms. The molecule has 8 heteroatoms. The van der Waals surface area contributed by atoms with Gasteiger partial charge in [-0.3, -0.25) is 4.79 Å². The number of carbonyl (C=O) groups is 1. The molecule has 2 aromatic carbocycles. The first-order chi connectivity index (χ1) is 14.5. The summed E-state index contributed by atoms with van der Waals surface area (Å²) in [5, 5.41) is 15.3. The van der Waals surface area contributed by atoms with Gasteiger partial charge in [0.15, 0.2) is 11.6 Å². The molecule has 0 radical (unpaired) electrons. The Kier molecular flexibility index (Phi) is 5.93. The van der Waals surface area contributed by atoms with E-state index < -0.39 is 23.8 Å². The number of halogens is 2. The molecule has 2 aliphatic heterocycles. The Bertz CT molecular complexity index is 998. The highest BCUT2D eigenvalue weighted by molar-refractivity contribution is 5.81. The van der Waals surface area contributed by atoms with Crippen molar-refractivity contribution in [1.82, 2.24) is 10.6 Å². The van der Waals surface area contributed by atoms with Crippen LogP contribution >= 0.6 is 0 Å². The lowest BCUT2D eigenvalue weighted by Gasteiger charge is -2.22. The first-order valence-electron chi connectivity index (χ1n) is 9.81. The second-order valence-electron chi connectivity index (χ2n) is 7.35. The number of nitriles is 1. The normalized spacial score (nSPS) is 18.8. The third kappa shape index (κ3) is 4.27. The van der Waals surface area contributed by atoms with Gasteiger partial charge in [0.2, 0.25) is 0 Å². The number of amides is 1. The fourth-order valence-corrected chi connectivity index (χ4v) is 3.66. The van der Waals surface area contributed by atoms with E-state index in [4.69, 9.17) is 9.47 Å². The number of nitrogens with zero attached hydrogens (tertiary/aromatic N) is 1. The van der Waals surface area contributed by atoms with Gasteiger partial charge in [0.1, 0.15) is 24.5 Å². The van der Waals surface area contributed by atoms with Crippen molar-refractivity contribution in [2.75, 3.05) is 19.7 Å². The number of benzene rings is 2. The van der Waals surface area contributed by atoms with Crippen molar-refractivity contribution in [2.24, 2.45) is 0 Å². The van der Waals surface area contributed by atoms with Gasteiger partial charge in [0.25, 0.3) is 5.91 Å². The number of nitrogens with one attached hydrogen (secondary N) is 2. The second kappa shape index (κ2) is 8.78. The van der Waals surface area contributed by atoms with Crippen molar-refractivity contribution in [2.45, 2.75) is 31.6 Å². The van der Waals surface area contributed by atoms with Gasteiger partial charge < -0.3 is 20.1 Å². The Morgan fingerprint density at radius 2 is 2.10 bits per heavy atom. The van der Waals surface area contributed by atoms with Crippen molar-refractivity contribution >= 4 is 5.91 Å². The average Bonchev–Trinajstić information content (AvgIpc) is 3.03. The first kappa shape index (κ1) is 20.3. The minimum Gasteiger partial charge on any atom is -0.488 e. The number of hydrogen-bond acceptors (Lipinski definition) is 5. The second-order valence-corrected chi connectivity index (χ2v) is 7.35. The number of hydrogen-bond donors (Lipinski definition) is 2. The topological polar surface area (TPSA) is 83.4 Å². The van der Waals surface area contributed by atoms with E-state index >= 15 is 0 Å². The number of carbonyl (C=O) groups excluding carboxylic acids is 1. The van der Waals surface area contributed by atoms with Gasteiger partial charge in [0.05, 0.1) is 6.07 Å². The minimum atomic E-state index is -0.909. The molecule has 1 amide bonds. The number of fused-ring (bicyclic) bond motifs is 3. The maximum absolute atomic E-state index is 13.7. The zero-order valence-corrected chi connectivity index (χ0v) is 16.2. The Balaban J connectivity index is 1.48. The van der Waals surface area contributed by atoms with Crippen LogP contribution in [0, 0.1) is 23.0 Å². The van der Waals surface area contributed by atoms with E-state index in [0.29, 0.717) is 35.6 Å². The molecule has 2 heterocycles. The third-order valence-electron chi connectivity index (χ3n) is 5.22. The molecule has 0 aliphatic carbocycles. The van der Waals surface area contributed by atoms with Gasteiger partial charge in [-0.05, 0) is 42.3 Å². The molecule has 0 saturated carbocycles. The van der Waals surface area contributed by atoms with Crippen LogP contribution in [-0.4, -0.2) is 37.7 Å². The Morgan fingerprint density at radius 1 is 1.27 bits per heavy atom. The van der Waals surface area contributed by atoms with Crippen LogP contribution in [0.4, 0.5) is 8.78 Å². The summed E-state index contributed by atoms with van der Waals surface area (Å²) < 4.78 is 38.4. The van der Waals surface area contributed by atoms with Crippen LogP contribution in [0.15, 0.2) is 30.3 Å². The van der Waals surface area contributed by atoms with E-state index in [9.17, 15) is 18.8 Å². The molecule has 0 aromatic heterocycles. The molecule has 1 fully saturated rings. The predicted octanol–water partition coefficient (Wildman–Crippen LogP) is 2.45. The SMILES string of the molecule is N#C[C@H](Cc1ccc2c(c1)OCc1cc(F)c(F)cc1-2)NC(=O)[C@@H]1CNCCCO1. The molecular weight excluding hydrogens is 392 g/mol. The fraction of sp³-hybridized carbons (Fsp3) is 0.364. The highest BCUT2D eigenvalue weighted by Crippen LogP contribution is 2.39.